The van der Waals surface area contributed by atoms with E-state index in [1.54, 1.807) is 12.1 Å². The number of aromatic carboxylic acids is 1. The first-order valence-electron chi connectivity index (χ1n) is 4.87. The molecule has 0 radical (unpaired) electrons. The lowest BCUT2D eigenvalue weighted by atomic mass is 10.1. The van der Waals surface area contributed by atoms with E-state index in [1.165, 1.54) is 13.2 Å². The molecule has 0 fully saturated rings. The number of carboxylic acids is 1. The fraction of sp³-hybridized carbons (Fsp3) is 0.300. The van der Waals surface area contributed by atoms with E-state index < -0.39 is 21.5 Å². The SMILES string of the molecule is COc1cc(C)ccc1C(=O)O.NS(=O)(=O)C(F)(F)F. The summed E-state index contributed by atoms with van der Waals surface area (Å²) in [7, 11) is -3.88. The van der Waals surface area contributed by atoms with Gasteiger partial charge in [0.1, 0.15) is 11.3 Å². The van der Waals surface area contributed by atoms with Crippen molar-refractivity contribution in [1.82, 2.24) is 0 Å². The third-order valence-electron chi connectivity index (χ3n) is 1.91. The van der Waals surface area contributed by atoms with Gasteiger partial charge in [-0.3, -0.25) is 0 Å². The maximum absolute atomic E-state index is 10.8. The van der Waals surface area contributed by atoms with Gasteiger partial charge < -0.3 is 9.84 Å². The Hall–Kier alpha value is -1.81. The molecular weight excluding hydrogens is 303 g/mol. The summed E-state index contributed by atoms with van der Waals surface area (Å²) in [5.41, 5.74) is -4.13. The molecule has 1 rings (SSSR count). The fourth-order valence-corrected chi connectivity index (χ4v) is 0.975. The predicted molar refractivity (Wildman–Crippen MR) is 63.9 cm³/mol. The molecule has 0 saturated carbocycles. The van der Waals surface area contributed by atoms with Crippen molar-refractivity contribution in [3.8, 4) is 5.75 Å². The van der Waals surface area contributed by atoms with Crippen LogP contribution in [0.15, 0.2) is 18.2 Å². The van der Waals surface area contributed by atoms with Crippen molar-refractivity contribution in [3.05, 3.63) is 29.3 Å². The summed E-state index contributed by atoms with van der Waals surface area (Å²) >= 11 is 0. The monoisotopic (exact) mass is 315 g/mol. The summed E-state index contributed by atoms with van der Waals surface area (Å²) < 4.78 is 56.1. The first-order chi connectivity index (χ1) is 8.90. The summed E-state index contributed by atoms with van der Waals surface area (Å²) in [6.45, 7) is 1.88. The van der Waals surface area contributed by atoms with E-state index in [0.29, 0.717) is 5.75 Å². The standard InChI is InChI=1S/C9H10O3.CH2F3NO2S/c1-6-3-4-7(9(10)11)8(5-6)12-2;2-1(3,4)8(5,6)7/h3-5H,1-2H3,(H,10,11);(H2,5,6,7). The summed E-state index contributed by atoms with van der Waals surface area (Å²) in [6, 6.07) is 4.98. The number of primary sulfonamides is 1. The van der Waals surface area contributed by atoms with Crippen LogP contribution in [0.1, 0.15) is 15.9 Å². The second-order valence-electron chi connectivity index (χ2n) is 3.50. The lowest BCUT2D eigenvalue weighted by Crippen LogP contribution is -2.30. The number of methoxy groups -OCH3 is 1. The molecule has 0 bridgehead atoms. The summed E-state index contributed by atoms with van der Waals surface area (Å²) in [4.78, 5) is 10.6. The van der Waals surface area contributed by atoms with Crippen LogP contribution in [0.3, 0.4) is 0 Å². The van der Waals surface area contributed by atoms with Gasteiger partial charge in [0.05, 0.1) is 7.11 Å². The number of aryl methyl sites for hydroxylation is 1. The topological polar surface area (TPSA) is 107 Å². The lowest BCUT2D eigenvalue weighted by molar-refractivity contribution is -0.0436. The zero-order chi connectivity index (χ0) is 16.1. The molecule has 6 nitrogen and oxygen atoms in total. The zero-order valence-electron chi connectivity index (χ0n) is 10.4. The van der Waals surface area contributed by atoms with E-state index >= 15 is 0 Å². The molecule has 1 aromatic rings. The molecule has 0 aliphatic carbocycles. The molecule has 0 heterocycles. The number of rotatable bonds is 2. The zero-order valence-corrected chi connectivity index (χ0v) is 11.2. The van der Waals surface area contributed by atoms with E-state index in [9.17, 15) is 26.4 Å². The minimum absolute atomic E-state index is 0.197. The second-order valence-corrected chi connectivity index (χ2v) is 5.05. The first-order valence-corrected chi connectivity index (χ1v) is 6.41. The molecule has 0 unspecified atom stereocenters. The van der Waals surface area contributed by atoms with Gasteiger partial charge in [0.25, 0.3) is 0 Å². The van der Waals surface area contributed by atoms with Gasteiger partial charge in [-0.2, -0.15) is 13.2 Å². The minimum Gasteiger partial charge on any atom is -0.496 e. The molecule has 20 heavy (non-hydrogen) atoms. The van der Waals surface area contributed by atoms with Gasteiger partial charge in [-0.1, -0.05) is 6.07 Å². The maximum atomic E-state index is 10.8. The van der Waals surface area contributed by atoms with Gasteiger partial charge in [-0.15, -0.1) is 0 Å². The predicted octanol–water partition coefficient (Wildman–Crippen LogP) is 1.50. The van der Waals surface area contributed by atoms with E-state index in [4.69, 9.17) is 9.84 Å². The third kappa shape index (κ3) is 5.45. The Balaban J connectivity index is 0.000000396. The Bertz CT molecular complexity index is 583. The highest BCUT2D eigenvalue weighted by atomic mass is 32.2. The number of benzene rings is 1. The van der Waals surface area contributed by atoms with E-state index in [1.807, 2.05) is 6.92 Å². The number of nitrogens with two attached hydrogens (primary N) is 1. The summed E-state index contributed by atoms with van der Waals surface area (Å²) in [5, 5.41) is 12.4. The van der Waals surface area contributed by atoms with Crippen molar-refractivity contribution in [2.75, 3.05) is 7.11 Å². The fourth-order valence-electron chi connectivity index (χ4n) is 0.975. The maximum Gasteiger partial charge on any atom is 0.511 e. The van der Waals surface area contributed by atoms with Gasteiger partial charge in [-0.25, -0.2) is 18.4 Å². The van der Waals surface area contributed by atoms with Gasteiger partial charge >= 0.3 is 21.5 Å². The highest BCUT2D eigenvalue weighted by molar-refractivity contribution is 7.90. The highest BCUT2D eigenvalue weighted by Gasteiger charge is 2.42. The number of ether oxygens (including phenoxy) is 1. The van der Waals surface area contributed by atoms with Crippen molar-refractivity contribution >= 4 is 16.0 Å². The Morgan fingerprint density at radius 3 is 2.10 bits per heavy atom. The number of halogens is 3. The molecule has 0 aliphatic heterocycles. The van der Waals surface area contributed by atoms with Crippen molar-refractivity contribution in [3.63, 3.8) is 0 Å². The number of sulfonamides is 1. The quantitative estimate of drug-likeness (QED) is 0.860. The number of hydrogen-bond donors (Lipinski definition) is 2. The highest BCUT2D eigenvalue weighted by Crippen LogP contribution is 2.19. The molecule has 0 atom stereocenters. The van der Waals surface area contributed by atoms with Gasteiger partial charge in [0, 0.05) is 0 Å². The van der Waals surface area contributed by atoms with E-state index in [2.05, 4.69) is 5.14 Å². The molecule has 0 aromatic heterocycles. The molecule has 1 aromatic carbocycles. The van der Waals surface area contributed by atoms with Crippen molar-refractivity contribution in [2.45, 2.75) is 12.4 Å². The smallest absolute Gasteiger partial charge is 0.496 e. The van der Waals surface area contributed by atoms with E-state index in [0.717, 1.165) is 5.56 Å². The Labute approximate surface area is 113 Å². The summed E-state index contributed by atoms with van der Waals surface area (Å²) in [5.74, 6) is -0.561. The molecule has 10 heteroatoms. The molecule has 0 saturated heterocycles. The Kier molecular flexibility index (Phi) is 5.97. The molecule has 0 spiro atoms. The van der Waals surface area contributed by atoms with Crippen molar-refractivity contribution in [1.29, 1.82) is 0 Å². The molecule has 0 aliphatic rings. The lowest BCUT2D eigenvalue weighted by Gasteiger charge is -2.04. The molecule has 114 valence electrons. The van der Waals surface area contributed by atoms with Crippen LogP contribution in [0.5, 0.6) is 5.75 Å². The Morgan fingerprint density at radius 1 is 1.35 bits per heavy atom. The van der Waals surface area contributed by atoms with Crippen molar-refractivity contribution < 1.29 is 36.2 Å². The average Bonchev–Trinajstić information content (AvgIpc) is 2.26. The average molecular weight is 315 g/mol. The Morgan fingerprint density at radius 2 is 1.80 bits per heavy atom. The molecule has 3 N–H and O–H groups in total. The first kappa shape index (κ1) is 18.2. The number of carbonyl (C=O) groups is 1. The number of alkyl halides is 3. The van der Waals surface area contributed by atoms with E-state index in [-0.39, 0.29) is 5.56 Å². The largest absolute Gasteiger partial charge is 0.511 e. The summed E-state index contributed by atoms with van der Waals surface area (Å²) in [6.07, 6.45) is 0. The molecular formula is C10H12F3NO5S. The van der Waals surface area contributed by atoms with Gasteiger partial charge in [0.2, 0.25) is 0 Å². The van der Waals surface area contributed by atoms with Gasteiger partial charge in [0.15, 0.2) is 0 Å². The van der Waals surface area contributed by atoms with Crippen LogP contribution in [-0.4, -0.2) is 32.1 Å². The van der Waals surface area contributed by atoms with Crippen LogP contribution in [0.2, 0.25) is 0 Å². The normalized spacial score (nSPS) is 11.3. The number of hydrogen-bond acceptors (Lipinski definition) is 4. The molecule has 0 amide bonds. The van der Waals surface area contributed by atoms with Crippen LogP contribution in [-0.2, 0) is 10.0 Å². The van der Waals surface area contributed by atoms with Gasteiger partial charge in [-0.05, 0) is 24.6 Å². The van der Waals surface area contributed by atoms with Crippen LogP contribution >= 0.6 is 0 Å². The second kappa shape index (κ2) is 6.57. The third-order valence-corrected chi connectivity index (χ3v) is 2.56. The number of carboxylic acid groups (broad SMARTS) is 1. The van der Waals surface area contributed by atoms with Crippen LogP contribution in [0.4, 0.5) is 13.2 Å². The van der Waals surface area contributed by atoms with Crippen LogP contribution < -0.4 is 9.88 Å². The van der Waals surface area contributed by atoms with Crippen molar-refractivity contribution in [2.24, 2.45) is 5.14 Å². The minimum atomic E-state index is -5.34. The van der Waals surface area contributed by atoms with Crippen LogP contribution in [0.25, 0.3) is 0 Å². The van der Waals surface area contributed by atoms with Crippen LogP contribution in [0, 0.1) is 6.92 Å².